The van der Waals surface area contributed by atoms with Gasteiger partial charge in [-0.25, -0.2) is 0 Å². The molecule has 0 aromatic carbocycles. The molecule has 2 aliphatic rings. The normalized spacial score (nSPS) is 28.7. The van der Waals surface area contributed by atoms with Crippen LogP contribution in [0.15, 0.2) is 0 Å². The van der Waals surface area contributed by atoms with Crippen LogP contribution in [0.2, 0.25) is 0 Å². The molecule has 2 fully saturated rings. The largest absolute Gasteiger partial charge is 0.392 e. The maximum Gasteiger partial charge on any atom is 0.0669 e. The van der Waals surface area contributed by atoms with Crippen molar-refractivity contribution in [3.63, 3.8) is 0 Å². The van der Waals surface area contributed by atoms with Crippen LogP contribution in [0.4, 0.5) is 0 Å². The van der Waals surface area contributed by atoms with Gasteiger partial charge >= 0.3 is 0 Å². The predicted molar refractivity (Wildman–Crippen MR) is 75.7 cm³/mol. The Bertz CT molecular complexity index is 227. The molecule has 2 rings (SSSR count). The number of likely N-dealkylation sites (tertiary alicyclic amines) is 1. The fraction of sp³-hybridized carbons (Fsp3) is 1.00. The van der Waals surface area contributed by atoms with Crippen LogP contribution in [0.1, 0.15) is 44.9 Å². The highest BCUT2D eigenvalue weighted by Gasteiger charge is 2.23. The summed E-state index contributed by atoms with van der Waals surface area (Å²) in [4.78, 5) is 2.48. The molecule has 0 bridgehead atoms. The van der Waals surface area contributed by atoms with E-state index >= 15 is 0 Å². The minimum absolute atomic E-state index is 0.0959. The van der Waals surface area contributed by atoms with Crippen molar-refractivity contribution in [1.82, 2.24) is 10.2 Å². The summed E-state index contributed by atoms with van der Waals surface area (Å²) < 4.78 is 0. The number of aliphatic hydroxyl groups is 1. The molecule has 1 aliphatic heterocycles. The number of nitrogens with one attached hydrogen (secondary N) is 1. The summed E-state index contributed by atoms with van der Waals surface area (Å²) in [7, 11) is 2.04. The summed E-state index contributed by atoms with van der Waals surface area (Å²) in [6, 6.07) is 0. The Morgan fingerprint density at radius 2 is 1.89 bits per heavy atom. The van der Waals surface area contributed by atoms with Gasteiger partial charge in [0.25, 0.3) is 0 Å². The van der Waals surface area contributed by atoms with Crippen molar-refractivity contribution in [3.8, 4) is 0 Å². The molecule has 106 valence electrons. The molecule has 0 spiro atoms. The van der Waals surface area contributed by atoms with E-state index in [1.54, 1.807) is 0 Å². The van der Waals surface area contributed by atoms with E-state index in [-0.39, 0.29) is 6.10 Å². The number of aliphatic hydroxyl groups excluding tert-OH is 1. The Labute approximate surface area is 112 Å². The first-order valence-electron chi connectivity index (χ1n) is 7.83. The Balaban J connectivity index is 1.67. The smallest absolute Gasteiger partial charge is 0.0669 e. The highest BCUT2D eigenvalue weighted by atomic mass is 16.3. The first-order chi connectivity index (χ1) is 8.78. The van der Waals surface area contributed by atoms with Crippen LogP contribution in [0.5, 0.6) is 0 Å². The van der Waals surface area contributed by atoms with Gasteiger partial charge in [0.1, 0.15) is 0 Å². The Morgan fingerprint density at radius 3 is 2.61 bits per heavy atom. The third kappa shape index (κ3) is 4.52. The second-order valence-corrected chi connectivity index (χ2v) is 6.37. The summed E-state index contributed by atoms with van der Waals surface area (Å²) in [5.41, 5.74) is 0. The quantitative estimate of drug-likeness (QED) is 0.759. The Morgan fingerprint density at radius 1 is 1.17 bits per heavy atom. The topological polar surface area (TPSA) is 35.5 Å². The summed E-state index contributed by atoms with van der Waals surface area (Å²) in [5, 5.41) is 13.5. The zero-order valence-electron chi connectivity index (χ0n) is 11.9. The predicted octanol–water partition coefficient (Wildman–Crippen LogP) is 1.86. The van der Waals surface area contributed by atoms with E-state index in [1.807, 2.05) is 7.05 Å². The van der Waals surface area contributed by atoms with Gasteiger partial charge in [0, 0.05) is 13.1 Å². The zero-order valence-corrected chi connectivity index (χ0v) is 11.9. The fourth-order valence-electron chi connectivity index (χ4n) is 3.78. The van der Waals surface area contributed by atoms with Crippen LogP contribution in [-0.2, 0) is 0 Å². The van der Waals surface area contributed by atoms with E-state index in [4.69, 9.17) is 0 Å². The van der Waals surface area contributed by atoms with Crippen molar-refractivity contribution in [1.29, 1.82) is 0 Å². The summed E-state index contributed by atoms with van der Waals surface area (Å²) in [6.07, 6.45) is 9.03. The maximum atomic E-state index is 10.2. The maximum absolute atomic E-state index is 10.2. The van der Waals surface area contributed by atoms with Gasteiger partial charge in [0.2, 0.25) is 0 Å². The van der Waals surface area contributed by atoms with Gasteiger partial charge in [-0.15, -0.1) is 0 Å². The van der Waals surface area contributed by atoms with E-state index in [1.165, 1.54) is 51.6 Å². The molecule has 0 aromatic rings. The van der Waals surface area contributed by atoms with Gasteiger partial charge in [0.15, 0.2) is 0 Å². The molecule has 0 radical (unpaired) electrons. The second-order valence-electron chi connectivity index (χ2n) is 6.37. The Kier molecular flexibility index (Phi) is 5.93. The van der Waals surface area contributed by atoms with Gasteiger partial charge in [0.05, 0.1) is 6.10 Å². The fourth-order valence-corrected chi connectivity index (χ4v) is 3.78. The lowest BCUT2D eigenvalue weighted by atomic mass is 9.96. The molecule has 0 amide bonds. The second kappa shape index (κ2) is 7.46. The van der Waals surface area contributed by atoms with Gasteiger partial charge < -0.3 is 15.3 Å². The molecular weight excluding hydrogens is 224 g/mol. The average molecular weight is 254 g/mol. The van der Waals surface area contributed by atoms with Crippen LogP contribution in [0.25, 0.3) is 0 Å². The van der Waals surface area contributed by atoms with E-state index in [2.05, 4.69) is 10.2 Å². The van der Waals surface area contributed by atoms with Crippen molar-refractivity contribution >= 4 is 0 Å². The first kappa shape index (κ1) is 14.3. The number of piperidine rings is 1. The highest BCUT2D eigenvalue weighted by molar-refractivity contribution is 4.78. The van der Waals surface area contributed by atoms with Gasteiger partial charge in [-0.3, -0.25) is 0 Å². The lowest BCUT2D eigenvalue weighted by Crippen LogP contribution is -2.42. The Hall–Kier alpha value is -0.120. The number of hydrogen-bond acceptors (Lipinski definition) is 3. The van der Waals surface area contributed by atoms with E-state index < -0.39 is 0 Å². The SMILES string of the molecule is CNCC1CCCN(CC(O)CC2CCCC2)C1. The number of hydrogen-bond donors (Lipinski definition) is 2. The van der Waals surface area contributed by atoms with Gasteiger partial charge in [-0.1, -0.05) is 25.7 Å². The molecule has 1 saturated carbocycles. The van der Waals surface area contributed by atoms with Crippen molar-refractivity contribution in [2.75, 3.05) is 33.2 Å². The van der Waals surface area contributed by atoms with Crippen LogP contribution in [0.3, 0.4) is 0 Å². The molecule has 18 heavy (non-hydrogen) atoms. The molecule has 0 aromatic heterocycles. The molecule has 3 nitrogen and oxygen atoms in total. The van der Waals surface area contributed by atoms with Gasteiger partial charge in [-0.2, -0.15) is 0 Å². The van der Waals surface area contributed by atoms with Crippen LogP contribution in [0, 0.1) is 11.8 Å². The van der Waals surface area contributed by atoms with E-state index in [0.717, 1.165) is 31.3 Å². The number of rotatable bonds is 6. The molecule has 1 aliphatic carbocycles. The van der Waals surface area contributed by atoms with Crippen molar-refractivity contribution in [3.05, 3.63) is 0 Å². The van der Waals surface area contributed by atoms with Gasteiger partial charge in [-0.05, 0) is 51.2 Å². The highest BCUT2D eigenvalue weighted by Crippen LogP contribution is 2.29. The lowest BCUT2D eigenvalue weighted by Gasteiger charge is -2.34. The number of β-amino-alcohol motifs (C(OH)–C–C–N with tert-alkyl or cyclic N) is 1. The summed E-state index contributed by atoms with van der Waals surface area (Å²) in [5.74, 6) is 1.58. The number of nitrogens with zero attached hydrogens (tertiary/aromatic N) is 1. The standard InChI is InChI=1S/C15H30N2O/c1-16-10-14-7-4-8-17(11-14)12-15(18)9-13-5-2-3-6-13/h13-16,18H,2-12H2,1H3. The minimum atomic E-state index is -0.0959. The molecule has 1 saturated heterocycles. The molecular formula is C15H30N2O. The van der Waals surface area contributed by atoms with Crippen molar-refractivity contribution in [2.45, 2.75) is 51.0 Å². The van der Waals surface area contributed by atoms with E-state index in [9.17, 15) is 5.11 Å². The minimum Gasteiger partial charge on any atom is -0.392 e. The van der Waals surface area contributed by atoms with Crippen LogP contribution < -0.4 is 5.32 Å². The summed E-state index contributed by atoms with van der Waals surface area (Å²) >= 11 is 0. The first-order valence-corrected chi connectivity index (χ1v) is 7.83. The molecule has 2 N–H and O–H groups in total. The third-order valence-corrected chi connectivity index (χ3v) is 4.65. The summed E-state index contributed by atoms with van der Waals surface area (Å²) in [6.45, 7) is 4.37. The molecule has 1 heterocycles. The molecule has 3 heteroatoms. The third-order valence-electron chi connectivity index (χ3n) is 4.65. The molecule has 2 atom stereocenters. The molecule has 2 unspecified atom stereocenters. The monoisotopic (exact) mass is 254 g/mol. The average Bonchev–Trinajstić information content (AvgIpc) is 2.82. The van der Waals surface area contributed by atoms with E-state index in [0.29, 0.717) is 0 Å². The van der Waals surface area contributed by atoms with Crippen LogP contribution in [-0.4, -0.2) is 49.3 Å². The van der Waals surface area contributed by atoms with Crippen LogP contribution >= 0.6 is 0 Å². The van der Waals surface area contributed by atoms with Crippen molar-refractivity contribution in [2.24, 2.45) is 11.8 Å². The zero-order chi connectivity index (χ0) is 12.8. The lowest BCUT2D eigenvalue weighted by molar-refractivity contribution is 0.0692. The van der Waals surface area contributed by atoms with Crippen molar-refractivity contribution < 1.29 is 5.11 Å².